The van der Waals surface area contributed by atoms with Gasteiger partial charge < -0.3 is 5.32 Å². The van der Waals surface area contributed by atoms with Gasteiger partial charge in [-0.2, -0.15) is 0 Å². The Morgan fingerprint density at radius 1 is 1.50 bits per heavy atom. The van der Waals surface area contributed by atoms with E-state index in [1.54, 1.807) is 4.68 Å². The van der Waals surface area contributed by atoms with Gasteiger partial charge in [-0.05, 0) is 20.8 Å². The number of hydrogen-bond acceptors (Lipinski definition) is 3. The number of aryl methyl sites for hydroxylation is 1. The Labute approximate surface area is 73.0 Å². The van der Waals surface area contributed by atoms with Crippen molar-refractivity contribution in [3.63, 3.8) is 0 Å². The van der Waals surface area contributed by atoms with Crippen LogP contribution >= 0.6 is 0 Å². The lowest BCUT2D eigenvalue weighted by Crippen LogP contribution is -2.35. The predicted octanol–water partition coefficient (Wildman–Crippen LogP) is 0.703. The molecule has 0 fully saturated rings. The van der Waals surface area contributed by atoms with Crippen LogP contribution in [0, 0.1) is 0 Å². The topological polar surface area (TPSA) is 42.7 Å². The predicted molar refractivity (Wildman–Crippen MR) is 47.6 cm³/mol. The highest BCUT2D eigenvalue weighted by Crippen LogP contribution is 2.00. The summed E-state index contributed by atoms with van der Waals surface area (Å²) in [5, 5.41) is 11.1. The zero-order chi connectivity index (χ0) is 9.19. The van der Waals surface area contributed by atoms with Crippen LogP contribution in [0.15, 0.2) is 6.20 Å². The fraction of sp³-hybridized carbons (Fsp3) is 0.750. The monoisotopic (exact) mass is 168 g/mol. The number of rotatable bonds is 2. The summed E-state index contributed by atoms with van der Waals surface area (Å²) in [6, 6.07) is 0. The van der Waals surface area contributed by atoms with E-state index in [0.29, 0.717) is 0 Å². The van der Waals surface area contributed by atoms with Gasteiger partial charge in [-0.3, -0.25) is 4.68 Å². The van der Waals surface area contributed by atoms with E-state index in [0.717, 1.165) is 12.2 Å². The molecule has 0 unspecified atom stereocenters. The van der Waals surface area contributed by atoms with Crippen LogP contribution in [0.5, 0.6) is 0 Å². The molecule has 1 aromatic rings. The fourth-order valence-corrected chi connectivity index (χ4v) is 0.832. The Morgan fingerprint density at radius 2 is 2.17 bits per heavy atom. The lowest BCUT2D eigenvalue weighted by molar-refractivity contribution is 0.421. The number of nitrogens with zero attached hydrogens (tertiary/aromatic N) is 3. The molecule has 12 heavy (non-hydrogen) atoms. The SMILES string of the molecule is Cn1cc(CNC(C)(C)C)nn1. The van der Waals surface area contributed by atoms with Crippen molar-refractivity contribution in [3.8, 4) is 0 Å². The molecule has 0 aromatic carbocycles. The minimum Gasteiger partial charge on any atom is -0.306 e. The molecule has 1 N–H and O–H groups in total. The zero-order valence-electron chi connectivity index (χ0n) is 8.13. The molecular formula is C8H16N4. The van der Waals surface area contributed by atoms with E-state index in [9.17, 15) is 0 Å². The lowest BCUT2D eigenvalue weighted by Gasteiger charge is -2.19. The maximum Gasteiger partial charge on any atom is 0.0964 e. The van der Waals surface area contributed by atoms with Gasteiger partial charge in [0.2, 0.25) is 0 Å². The van der Waals surface area contributed by atoms with Crippen LogP contribution in [-0.4, -0.2) is 20.5 Å². The van der Waals surface area contributed by atoms with Crippen LogP contribution in [0.1, 0.15) is 26.5 Å². The van der Waals surface area contributed by atoms with E-state index in [2.05, 4.69) is 36.4 Å². The summed E-state index contributed by atoms with van der Waals surface area (Å²) in [7, 11) is 1.87. The second kappa shape index (κ2) is 3.23. The molecule has 0 amide bonds. The van der Waals surface area contributed by atoms with Crippen molar-refractivity contribution >= 4 is 0 Å². The molecule has 0 bridgehead atoms. The van der Waals surface area contributed by atoms with E-state index < -0.39 is 0 Å². The first kappa shape index (κ1) is 9.19. The Hall–Kier alpha value is -0.900. The van der Waals surface area contributed by atoms with Crippen LogP contribution in [0.2, 0.25) is 0 Å². The Bertz CT molecular complexity index is 246. The van der Waals surface area contributed by atoms with Gasteiger partial charge in [0.25, 0.3) is 0 Å². The van der Waals surface area contributed by atoms with Crippen LogP contribution in [0.3, 0.4) is 0 Å². The second-order valence-electron chi connectivity index (χ2n) is 3.99. The molecule has 4 heteroatoms. The highest BCUT2D eigenvalue weighted by atomic mass is 15.4. The molecular weight excluding hydrogens is 152 g/mol. The molecule has 1 aromatic heterocycles. The molecule has 0 aliphatic carbocycles. The first-order valence-electron chi connectivity index (χ1n) is 4.07. The van der Waals surface area contributed by atoms with E-state index in [-0.39, 0.29) is 5.54 Å². The zero-order valence-corrected chi connectivity index (χ0v) is 8.13. The molecule has 68 valence electrons. The summed E-state index contributed by atoms with van der Waals surface area (Å²) in [4.78, 5) is 0. The quantitative estimate of drug-likeness (QED) is 0.707. The molecule has 0 atom stereocenters. The van der Waals surface area contributed by atoms with Crippen LogP contribution in [0.25, 0.3) is 0 Å². The maximum atomic E-state index is 3.97. The molecule has 0 saturated carbocycles. The third kappa shape index (κ3) is 3.00. The van der Waals surface area contributed by atoms with E-state index in [4.69, 9.17) is 0 Å². The van der Waals surface area contributed by atoms with Gasteiger partial charge in [0.15, 0.2) is 0 Å². The molecule has 4 nitrogen and oxygen atoms in total. The molecule has 1 rings (SSSR count). The van der Waals surface area contributed by atoms with E-state index in [1.807, 2.05) is 13.2 Å². The van der Waals surface area contributed by atoms with Crippen molar-refractivity contribution in [2.75, 3.05) is 0 Å². The largest absolute Gasteiger partial charge is 0.306 e. The summed E-state index contributed by atoms with van der Waals surface area (Å²) in [5.74, 6) is 0. The lowest BCUT2D eigenvalue weighted by atomic mass is 10.1. The third-order valence-electron chi connectivity index (χ3n) is 1.45. The number of hydrogen-bond donors (Lipinski definition) is 1. The van der Waals surface area contributed by atoms with Gasteiger partial charge in [0, 0.05) is 25.3 Å². The van der Waals surface area contributed by atoms with Gasteiger partial charge in [0.1, 0.15) is 0 Å². The molecule has 0 aliphatic rings. The highest BCUT2D eigenvalue weighted by Gasteiger charge is 2.09. The summed E-state index contributed by atoms with van der Waals surface area (Å²) in [5.41, 5.74) is 1.12. The summed E-state index contributed by atoms with van der Waals surface area (Å²) < 4.78 is 1.71. The van der Waals surface area contributed by atoms with Crippen molar-refractivity contribution < 1.29 is 0 Å². The standard InChI is InChI=1S/C8H16N4/c1-8(2,3)9-5-7-6-12(4)11-10-7/h6,9H,5H2,1-4H3. The maximum absolute atomic E-state index is 3.97. The van der Waals surface area contributed by atoms with Gasteiger partial charge in [-0.1, -0.05) is 5.21 Å². The Morgan fingerprint density at radius 3 is 2.58 bits per heavy atom. The number of aromatic nitrogens is 3. The van der Waals surface area contributed by atoms with Crippen LogP contribution < -0.4 is 5.32 Å². The van der Waals surface area contributed by atoms with Crippen molar-refractivity contribution in [2.45, 2.75) is 32.9 Å². The van der Waals surface area contributed by atoms with Crippen molar-refractivity contribution in [1.29, 1.82) is 0 Å². The van der Waals surface area contributed by atoms with Crippen LogP contribution in [0.4, 0.5) is 0 Å². The third-order valence-corrected chi connectivity index (χ3v) is 1.45. The molecule has 0 aliphatic heterocycles. The van der Waals surface area contributed by atoms with Gasteiger partial charge in [-0.15, -0.1) is 5.10 Å². The highest BCUT2D eigenvalue weighted by molar-refractivity contribution is 4.92. The van der Waals surface area contributed by atoms with Gasteiger partial charge in [0.05, 0.1) is 5.69 Å². The Balaban J connectivity index is 2.44. The minimum atomic E-state index is 0.136. The second-order valence-corrected chi connectivity index (χ2v) is 3.99. The average molecular weight is 168 g/mol. The first-order valence-corrected chi connectivity index (χ1v) is 4.07. The fourth-order valence-electron chi connectivity index (χ4n) is 0.832. The van der Waals surface area contributed by atoms with E-state index in [1.165, 1.54) is 0 Å². The smallest absolute Gasteiger partial charge is 0.0964 e. The summed E-state index contributed by atoms with van der Waals surface area (Å²) in [6.07, 6.45) is 1.92. The van der Waals surface area contributed by atoms with Gasteiger partial charge in [-0.25, -0.2) is 0 Å². The van der Waals surface area contributed by atoms with Crippen molar-refractivity contribution in [3.05, 3.63) is 11.9 Å². The Kier molecular flexibility index (Phi) is 2.47. The molecule has 0 radical (unpaired) electrons. The van der Waals surface area contributed by atoms with Gasteiger partial charge >= 0.3 is 0 Å². The summed E-state index contributed by atoms with van der Waals surface area (Å²) >= 11 is 0. The first-order chi connectivity index (χ1) is 5.47. The van der Waals surface area contributed by atoms with Crippen molar-refractivity contribution in [1.82, 2.24) is 20.3 Å². The normalized spacial score (nSPS) is 12.0. The minimum absolute atomic E-state index is 0.136. The molecule has 0 spiro atoms. The average Bonchev–Trinajstić information content (AvgIpc) is 2.30. The summed E-state index contributed by atoms with van der Waals surface area (Å²) in [6.45, 7) is 7.16. The molecule has 1 heterocycles. The van der Waals surface area contributed by atoms with E-state index >= 15 is 0 Å². The number of nitrogens with one attached hydrogen (secondary N) is 1. The van der Waals surface area contributed by atoms with Crippen LogP contribution in [-0.2, 0) is 13.6 Å². The molecule has 0 saturated heterocycles. The van der Waals surface area contributed by atoms with Crippen molar-refractivity contribution in [2.24, 2.45) is 7.05 Å².